The number of hydrogen-bond donors (Lipinski definition) is 1. The summed E-state index contributed by atoms with van der Waals surface area (Å²) in [5.41, 5.74) is 1.14. The molecular weight excluding hydrogens is 304 g/mol. The van der Waals surface area contributed by atoms with Crippen LogP contribution in [0.3, 0.4) is 0 Å². The summed E-state index contributed by atoms with van der Waals surface area (Å²) in [4.78, 5) is 16.5. The normalized spacial score (nSPS) is 11.8. The van der Waals surface area contributed by atoms with Crippen LogP contribution >= 0.6 is 23.1 Å². The van der Waals surface area contributed by atoms with Crippen molar-refractivity contribution < 1.29 is 9.90 Å². The van der Waals surface area contributed by atoms with Crippen molar-refractivity contribution in [1.82, 2.24) is 9.55 Å². The van der Waals surface area contributed by atoms with E-state index < -0.39 is 5.97 Å². The molecule has 2 aromatic rings. The Kier molecular flexibility index (Phi) is 5.11. The number of imidazole rings is 1. The fourth-order valence-corrected chi connectivity index (χ4v) is 3.52. The standard InChI is InChI=1S/C15H20N2O2S2/c1-15(2,3)12-9-16-14(21-10-13(18)19)17(12)7-6-11-5-4-8-20-11/h4-5,8-9H,6-7,10H2,1-3H3,(H,18,19). The Labute approximate surface area is 133 Å². The second-order valence-corrected chi connectivity index (χ2v) is 7.81. The lowest BCUT2D eigenvalue weighted by Crippen LogP contribution is -2.19. The van der Waals surface area contributed by atoms with Gasteiger partial charge in [-0.2, -0.15) is 0 Å². The molecule has 6 heteroatoms. The van der Waals surface area contributed by atoms with Crippen LogP contribution in [0.4, 0.5) is 0 Å². The van der Waals surface area contributed by atoms with E-state index in [1.165, 1.54) is 16.6 Å². The van der Waals surface area contributed by atoms with Crippen molar-refractivity contribution in [2.45, 2.75) is 44.3 Å². The predicted molar refractivity (Wildman–Crippen MR) is 87.3 cm³/mol. The molecule has 0 fully saturated rings. The van der Waals surface area contributed by atoms with Gasteiger partial charge in [-0.15, -0.1) is 11.3 Å². The van der Waals surface area contributed by atoms with Gasteiger partial charge in [0, 0.05) is 28.7 Å². The van der Waals surface area contributed by atoms with Crippen LogP contribution < -0.4 is 0 Å². The average Bonchev–Trinajstić information content (AvgIpc) is 3.02. The molecule has 0 atom stereocenters. The van der Waals surface area contributed by atoms with E-state index in [2.05, 4.69) is 47.8 Å². The van der Waals surface area contributed by atoms with Crippen molar-refractivity contribution in [1.29, 1.82) is 0 Å². The molecule has 4 nitrogen and oxygen atoms in total. The predicted octanol–water partition coefficient (Wildman–Crippen LogP) is 3.66. The summed E-state index contributed by atoms with van der Waals surface area (Å²) in [6, 6.07) is 4.18. The molecule has 2 aromatic heterocycles. The van der Waals surface area contributed by atoms with Crippen LogP contribution in [0.5, 0.6) is 0 Å². The molecule has 0 aromatic carbocycles. The molecule has 2 rings (SSSR count). The first-order valence-electron chi connectivity index (χ1n) is 6.81. The van der Waals surface area contributed by atoms with Crippen molar-refractivity contribution in [2.75, 3.05) is 5.75 Å². The molecule has 114 valence electrons. The van der Waals surface area contributed by atoms with Gasteiger partial charge in [0.15, 0.2) is 5.16 Å². The SMILES string of the molecule is CC(C)(C)c1cnc(SCC(=O)O)n1CCc1cccs1. The maximum Gasteiger partial charge on any atom is 0.313 e. The lowest BCUT2D eigenvalue weighted by Gasteiger charge is -2.21. The minimum Gasteiger partial charge on any atom is -0.481 e. The van der Waals surface area contributed by atoms with Crippen molar-refractivity contribution in [3.05, 3.63) is 34.3 Å². The largest absolute Gasteiger partial charge is 0.481 e. The first-order chi connectivity index (χ1) is 9.88. The van der Waals surface area contributed by atoms with E-state index in [1.54, 1.807) is 11.3 Å². The molecule has 0 unspecified atom stereocenters. The van der Waals surface area contributed by atoms with Crippen molar-refractivity contribution in [3.63, 3.8) is 0 Å². The summed E-state index contributed by atoms with van der Waals surface area (Å²) < 4.78 is 2.16. The Morgan fingerprint density at radius 1 is 1.48 bits per heavy atom. The zero-order chi connectivity index (χ0) is 15.5. The van der Waals surface area contributed by atoms with E-state index in [1.807, 2.05) is 6.20 Å². The smallest absolute Gasteiger partial charge is 0.313 e. The highest BCUT2D eigenvalue weighted by Crippen LogP contribution is 2.28. The van der Waals surface area contributed by atoms with Crippen LogP contribution in [0.1, 0.15) is 31.3 Å². The molecule has 21 heavy (non-hydrogen) atoms. The first kappa shape index (κ1) is 16.1. The molecule has 0 spiro atoms. The number of rotatable bonds is 6. The van der Waals surface area contributed by atoms with E-state index >= 15 is 0 Å². The average molecular weight is 324 g/mol. The molecule has 0 saturated carbocycles. The van der Waals surface area contributed by atoms with E-state index in [0.717, 1.165) is 23.8 Å². The van der Waals surface area contributed by atoms with Crippen LogP contribution in [-0.2, 0) is 23.2 Å². The van der Waals surface area contributed by atoms with E-state index in [-0.39, 0.29) is 11.2 Å². The Bertz CT molecular complexity index is 598. The summed E-state index contributed by atoms with van der Waals surface area (Å²) >= 11 is 3.03. The van der Waals surface area contributed by atoms with Gasteiger partial charge in [0.05, 0.1) is 5.75 Å². The second kappa shape index (κ2) is 6.66. The topological polar surface area (TPSA) is 55.1 Å². The van der Waals surface area contributed by atoms with Crippen LogP contribution in [0.25, 0.3) is 0 Å². The fourth-order valence-electron chi connectivity index (χ4n) is 2.09. The highest BCUT2D eigenvalue weighted by molar-refractivity contribution is 7.99. The Hall–Kier alpha value is -1.27. The third-order valence-electron chi connectivity index (χ3n) is 3.07. The molecule has 2 heterocycles. The minimum atomic E-state index is -0.815. The number of thiophene rings is 1. The molecule has 0 aliphatic carbocycles. The van der Waals surface area contributed by atoms with Gasteiger partial charge < -0.3 is 9.67 Å². The van der Waals surface area contributed by atoms with E-state index in [0.29, 0.717) is 0 Å². The van der Waals surface area contributed by atoms with Gasteiger partial charge in [0.25, 0.3) is 0 Å². The fraction of sp³-hybridized carbons (Fsp3) is 0.467. The maximum absolute atomic E-state index is 10.8. The number of aryl methyl sites for hydroxylation is 1. The second-order valence-electron chi connectivity index (χ2n) is 5.84. The van der Waals surface area contributed by atoms with Crippen molar-refractivity contribution >= 4 is 29.1 Å². The Morgan fingerprint density at radius 3 is 2.81 bits per heavy atom. The number of aliphatic carboxylic acids is 1. The molecule has 1 N–H and O–H groups in total. The van der Waals surface area contributed by atoms with Crippen molar-refractivity contribution in [3.8, 4) is 0 Å². The van der Waals surface area contributed by atoms with Crippen molar-refractivity contribution in [2.24, 2.45) is 0 Å². The molecule has 0 amide bonds. The van der Waals surface area contributed by atoms with Gasteiger partial charge in [-0.1, -0.05) is 38.6 Å². The highest BCUT2D eigenvalue weighted by Gasteiger charge is 2.22. The molecular formula is C15H20N2O2S2. The third-order valence-corrected chi connectivity index (χ3v) is 4.99. The van der Waals surface area contributed by atoms with E-state index in [4.69, 9.17) is 5.11 Å². The number of aromatic nitrogens is 2. The van der Waals surface area contributed by atoms with Gasteiger partial charge in [-0.05, 0) is 17.9 Å². The quantitative estimate of drug-likeness (QED) is 0.824. The monoisotopic (exact) mass is 324 g/mol. The van der Waals surface area contributed by atoms with Gasteiger partial charge >= 0.3 is 5.97 Å². The Morgan fingerprint density at radius 2 is 2.24 bits per heavy atom. The molecule has 0 radical (unpaired) electrons. The highest BCUT2D eigenvalue weighted by atomic mass is 32.2. The number of nitrogens with zero attached hydrogens (tertiary/aromatic N) is 2. The molecule has 0 saturated heterocycles. The zero-order valence-electron chi connectivity index (χ0n) is 12.5. The maximum atomic E-state index is 10.8. The number of carboxylic acid groups (broad SMARTS) is 1. The summed E-state index contributed by atoms with van der Waals surface area (Å²) in [6.07, 6.45) is 2.82. The molecule has 0 aliphatic rings. The number of carbonyl (C=O) groups is 1. The van der Waals surface area contributed by atoms with Gasteiger partial charge in [-0.25, -0.2) is 4.98 Å². The third kappa shape index (κ3) is 4.35. The number of carboxylic acids is 1. The number of thioether (sulfide) groups is 1. The van der Waals surface area contributed by atoms with Crippen LogP contribution in [0.2, 0.25) is 0 Å². The van der Waals surface area contributed by atoms with Crippen LogP contribution in [-0.4, -0.2) is 26.4 Å². The molecule has 0 bridgehead atoms. The first-order valence-corrected chi connectivity index (χ1v) is 8.67. The van der Waals surface area contributed by atoms with E-state index in [9.17, 15) is 4.79 Å². The van der Waals surface area contributed by atoms with Crippen LogP contribution in [0.15, 0.2) is 28.9 Å². The lowest BCUT2D eigenvalue weighted by molar-refractivity contribution is -0.133. The van der Waals surface area contributed by atoms with Crippen LogP contribution in [0, 0.1) is 0 Å². The number of hydrogen-bond acceptors (Lipinski definition) is 4. The molecule has 0 aliphatic heterocycles. The summed E-state index contributed by atoms with van der Waals surface area (Å²) in [5, 5.41) is 11.7. The summed E-state index contributed by atoms with van der Waals surface area (Å²) in [6.45, 7) is 7.28. The van der Waals surface area contributed by atoms with Gasteiger partial charge in [0.1, 0.15) is 0 Å². The summed E-state index contributed by atoms with van der Waals surface area (Å²) in [7, 11) is 0. The lowest BCUT2D eigenvalue weighted by atomic mass is 9.92. The summed E-state index contributed by atoms with van der Waals surface area (Å²) in [5.74, 6) is -0.773. The van der Waals surface area contributed by atoms with Gasteiger partial charge in [0.2, 0.25) is 0 Å². The van der Waals surface area contributed by atoms with Gasteiger partial charge in [-0.3, -0.25) is 4.79 Å². The minimum absolute atomic E-state index is 0.00944. The zero-order valence-corrected chi connectivity index (χ0v) is 14.1. The Balaban J connectivity index is 2.20.